The molecular formula is C17H14ClN3O2. The Balaban J connectivity index is 1.79. The Morgan fingerprint density at radius 1 is 1.13 bits per heavy atom. The zero-order valence-electron chi connectivity index (χ0n) is 12.1. The zero-order valence-corrected chi connectivity index (χ0v) is 12.9. The van der Waals surface area contributed by atoms with Gasteiger partial charge in [-0.05, 0) is 29.8 Å². The highest BCUT2D eigenvalue weighted by Gasteiger charge is 2.23. The van der Waals surface area contributed by atoms with Crippen LogP contribution in [0.5, 0.6) is 0 Å². The van der Waals surface area contributed by atoms with Crippen molar-refractivity contribution in [2.24, 2.45) is 4.99 Å². The number of carbonyl (C=O) groups excluding carboxylic acids is 2. The molecule has 2 amide bonds. The standard InChI is InChI=1S/C17H14ClN3O2/c18-13-8-6-11(7-9-13)14-10-15(22)20-17(19-14)21-16(23)12-4-2-1-3-5-12/h1-9,14H,10H2,(H2,19,20,21,22,23). The largest absolute Gasteiger partial charge is 0.296 e. The van der Waals surface area contributed by atoms with Crippen molar-refractivity contribution in [1.82, 2.24) is 10.6 Å². The van der Waals surface area contributed by atoms with Crippen LogP contribution in [-0.4, -0.2) is 17.8 Å². The van der Waals surface area contributed by atoms with E-state index in [-0.39, 0.29) is 30.2 Å². The van der Waals surface area contributed by atoms with Gasteiger partial charge in [0.05, 0.1) is 12.5 Å². The molecule has 0 radical (unpaired) electrons. The van der Waals surface area contributed by atoms with Crippen molar-refractivity contribution in [2.75, 3.05) is 0 Å². The number of hydrogen-bond acceptors (Lipinski definition) is 3. The molecule has 0 saturated carbocycles. The lowest BCUT2D eigenvalue weighted by Crippen LogP contribution is -2.46. The summed E-state index contributed by atoms with van der Waals surface area (Å²) in [6, 6.07) is 15.6. The maximum Gasteiger partial charge on any atom is 0.257 e. The van der Waals surface area contributed by atoms with Crippen LogP contribution in [-0.2, 0) is 4.79 Å². The molecule has 0 spiro atoms. The lowest BCUT2D eigenvalue weighted by Gasteiger charge is -2.21. The molecule has 23 heavy (non-hydrogen) atoms. The molecule has 1 heterocycles. The minimum Gasteiger partial charge on any atom is -0.296 e. The first kappa shape index (κ1) is 15.2. The minimum atomic E-state index is -0.341. The normalized spacial score (nSPS) is 17.2. The molecule has 0 fully saturated rings. The highest BCUT2D eigenvalue weighted by molar-refractivity contribution is 6.30. The van der Waals surface area contributed by atoms with Crippen LogP contribution in [0, 0.1) is 0 Å². The van der Waals surface area contributed by atoms with Crippen molar-refractivity contribution in [2.45, 2.75) is 12.5 Å². The van der Waals surface area contributed by atoms with Gasteiger partial charge in [-0.15, -0.1) is 0 Å². The van der Waals surface area contributed by atoms with Gasteiger partial charge in [0.2, 0.25) is 11.9 Å². The van der Waals surface area contributed by atoms with Gasteiger partial charge >= 0.3 is 0 Å². The van der Waals surface area contributed by atoms with E-state index in [1.807, 2.05) is 18.2 Å². The summed E-state index contributed by atoms with van der Waals surface area (Å²) in [5.74, 6) is -0.347. The predicted octanol–water partition coefficient (Wildman–Crippen LogP) is 2.69. The van der Waals surface area contributed by atoms with E-state index in [0.717, 1.165) is 5.56 Å². The molecule has 5 nitrogen and oxygen atoms in total. The Morgan fingerprint density at radius 2 is 1.83 bits per heavy atom. The first-order chi connectivity index (χ1) is 11.1. The molecule has 0 bridgehead atoms. The van der Waals surface area contributed by atoms with E-state index in [2.05, 4.69) is 15.6 Å². The summed E-state index contributed by atoms with van der Waals surface area (Å²) < 4.78 is 0. The Kier molecular flexibility index (Phi) is 4.39. The van der Waals surface area contributed by atoms with E-state index in [0.29, 0.717) is 10.6 Å². The van der Waals surface area contributed by atoms with Crippen LogP contribution in [0.15, 0.2) is 59.6 Å². The van der Waals surface area contributed by atoms with Crippen LogP contribution in [0.4, 0.5) is 0 Å². The summed E-state index contributed by atoms with van der Waals surface area (Å²) in [4.78, 5) is 28.4. The summed E-state index contributed by atoms with van der Waals surface area (Å²) in [6.45, 7) is 0. The minimum absolute atomic E-state index is 0.162. The van der Waals surface area contributed by atoms with Crippen LogP contribution in [0.1, 0.15) is 28.4 Å². The molecule has 0 aliphatic carbocycles. The van der Waals surface area contributed by atoms with Crippen molar-refractivity contribution in [3.05, 3.63) is 70.7 Å². The number of aliphatic imine (C=N–C) groups is 1. The summed E-state index contributed by atoms with van der Waals surface area (Å²) in [7, 11) is 0. The Morgan fingerprint density at radius 3 is 2.52 bits per heavy atom. The van der Waals surface area contributed by atoms with E-state index in [9.17, 15) is 9.59 Å². The Labute approximate surface area is 138 Å². The number of hydrogen-bond donors (Lipinski definition) is 2. The molecule has 6 heteroatoms. The van der Waals surface area contributed by atoms with Crippen molar-refractivity contribution < 1.29 is 9.59 Å². The fourth-order valence-corrected chi connectivity index (χ4v) is 2.43. The average molecular weight is 328 g/mol. The molecule has 116 valence electrons. The monoisotopic (exact) mass is 327 g/mol. The van der Waals surface area contributed by atoms with Crippen molar-refractivity contribution >= 4 is 29.4 Å². The molecule has 0 aromatic heterocycles. The number of carbonyl (C=O) groups is 2. The van der Waals surface area contributed by atoms with Gasteiger partial charge in [-0.1, -0.05) is 41.9 Å². The topological polar surface area (TPSA) is 70.6 Å². The van der Waals surface area contributed by atoms with Gasteiger partial charge in [0, 0.05) is 10.6 Å². The fourth-order valence-electron chi connectivity index (χ4n) is 2.30. The highest BCUT2D eigenvalue weighted by atomic mass is 35.5. The Bertz CT molecular complexity index is 757. The molecule has 0 saturated heterocycles. The second kappa shape index (κ2) is 6.62. The van der Waals surface area contributed by atoms with Crippen LogP contribution in [0.2, 0.25) is 5.02 Å². The quantitative estimate of drug-likeness (QED) is 0.890. The molecule has 1 aliphatic heterocycles. The maximum absolute atomic E-state index is 12.1. The van der Waals surface area contributed by atoms with E-state index in [4.69, 9.17) is 11.6 Å². The van der Waals surface area contributed by atoms with Crippen molar-refractivity contribution in [3.63, 3.8) is 0 Å². The SMILES string of the molecule is O=C1CC(c2ccc(Cl)cc2)N=C(NC(=O)c2ccccc2)N1. The van der Waals surface area contributed by atoms with E-state index < -0.39 is 0 Å². The zero-order chi connectivity index (χ0) is 16.2. The first-order valence-electron chi connectivity index (χ1n) is 7.11. The lowest BCUT2D eigenvalue weighted by atomic mass is 10.0. The Hall–Kier alpha value is -2.66. The number of halogens is 1. The van der Waals surface area contributed by atoms with Crippen LogP contribution >= 0.6 is 11.6 Å². The smallest absolute Gasteiger partial charge is 0.257 e. The number of benzene rings is 2. The maximum atomic E-state index is 12.1. The van der Waals surface area contributed by atoms with Crippen LogP contribution in [0.3, 0.4) is 0 Å². The molecule has 2 aromatic carbocycles. The molecular weight excluding hydrogens is 314 g/mol. The third-order valence-corrected chi connectivity index (χ3v) is 3.70. The summed E-state index contributed by atoms with van der Waals surface area (Å²) in [5, 5.41) is 5.83. The van der Waals surface area contributed by atoms with Gasteiger partial charge in [-0.3, -0.25) is 20.2 Å². The van der Waals surface area contributed by atoms with Gasteiger partial charge in [0.1, 0.15) is 0 Å². The molecule has 1 aliphatic rings. The van der Waals surface area contributed by atoms with Gasteiger partial charge in [0.25, 0.3) is 5.91 Å². The molecule has 1 atom stereocenters. The summed E-state index contributed by atoms with van der Waals surface area (Å²) in [5.41, 5.74) is 1.37. The molecule has 2 aromatic rings. The van der Waals surface area contributed by atoms with Gasteiger partial charge in [-0.25, -0.2) is 4.99 Å². The van der Waals surface area contributed by atoms with Gasteiger partial charge in [0.15, 0.2) is 0 Å². The molecule has 2 N–H and O–H groups in total. The van der Waals surface area contributed by atoms with E-state index in [1.54, 1.807) is 36.4 Å². The van der Waals surface area contributed by atoms with Crippen LogP contribution < -0.4 is 10.6 Å². The second-order valence-electron chi connectivity index (χ2n) is 5.12. The van der Waals surface area contributed by atoms with Crippen molar-refractivity contribution in [1.29, 1.82) is 0 Å². The third-order valence-electron chi connectivity index (χ3n) is 3.44. The third kappa shape index (κ3) is 3.76. The first-order valence-corrected chi connectivity index (χ1v) is 7.49. The summed E-state index contributed by atoms with van der Waals surface area (Å²) >= 11 is 5.87. The van der Waals surface area contributed by atoms with Crippen LogP contribution in [0.25, 0.3) is 0 Å². The number of amides is 2. The average Bonchev–Trinajstić information content (AvgIpc) is 2.56. The van der Waals surface area contributed by atoms with Crippen molar-refractivity contribution in [3.8, 4) is 0 Å². The predicted molar refractivity (Wildman–Crippen MR) is 88.3 cm³/mol. The fraction of sp³-hybridized carbons (Fsp3) is 0.118. The number of nitrogens with one attached hydrogen (secondary N) is 2. The second-order valence-corrected chi connectivity index (χ2v) is 5.55. The lowest BCUT2D eigenvalue weighted by molar-refractivity contribution is -0.120. The van der Waals surface area contributed by atoms with Gasteiger partial charge in [-0.2, -0.15) is 0 Å². The highest BCUT2D eigenvalue weighted by Crippen LogP contribution is 2.24. The summed E-state index contributed by atoms with van der Waals surface area (Å²) in [6.07, 6.45) is 0.229. The number of guanidine groups is 1. The van der Waals surface area contributed by atoms with E-state index in [1.165, 1.54) is 0 Å². The molecule has 1 unspecified atom stereocenters. The number of rotatable bonds is 2. The van der Waals surface area contributed by atoms with E-state index >= 15 is 0 Å². The van der Waals surface area contributed by atoms with Gasteiger partial charge < -0.3 is 0 Å². The number of nitrogens with zero attached hydrogens (tertiary/aromatic N) is 1. The molecule has 3 rings (SSSR count).